The van der Waals surface area contributed by atoms with Crippen LogP contribution in [0.2, 0.25) is 0 Å². The van der Waals surface area contributed by atoms with Gasteiger partial charge in [0.05, 0.1) is 0 Å². The van der Waals surface area contributed by atoms with Crippen LogP contribution in [0.5, 0.6) is 0 Å². The quantitative estimate of drug-likeness (QED) is 0.371. The van der Waals surface area contributed by atoms with Gasteiger partial charge >= 0.3 is 133 Å². The molecule has 18 heavy (non-hydrogen) atoms. The molecule has 1 aliphatic heterocycles. The predicted molar refractivity (Wildman–Crippen MR) is 98.6 cm³/mol. The van der Waals surface area contributed by atoms with Gasteiger partial charge in [0, 0.05) is 0 Å². The van der Waals surface area contributed by atoms with Crippen molar-refractivity contribution in [2.45, 2.75) is 6.92 Å². The molecule has 0 spiro atoms. The first-order chi connectivity index (χ1) is 8.66. The number of hydrogen-bond donors (Lipinski definition) is 0. The van der Waals surface area contributed by atoms with Gasteiger partial charge in [0.1, 0.15) is 0 Å². The summed E-state index contributed by atoms with van der Waals surface area (Å²) >= 11 is 5.50. The zero-order valence-corrected chi connectivity index (χ0v) is 16.6. The van der Waals surface area contributed by atoms with Crippen LogP contribution < -0.4 is 12.1 Å². The summed E-state index contributed by atoms with van der Waals surface area (Å²) in [4.78, 5) is 2.45. The van der Waals surface area contributed by atoms with Gasteiger partial charge < -0.3 is 0 Å². The zero-order chi connectivity index (χ0) is 12.8. The summed E-state index contributed by atoms with van der Waals surface area (Å²) in [5, 5.41) is 0. The average molecular weight is 577 g/mol. The Morgan fingerprint density at radius 2 is 1.33 bits per heavy atom. The van der Waals surface area contributed by atoms with Crippen LogP contribution in [0.25, 0.3) is 0 Å². The molecule has 1 aliphatic rings. The molecule has 0 saturated heterocycles. The molecular weight excluding hydrogens is 564 g/mol. The first kappa shape index (κ1) is 13.5. The Balaban J connectivity index is 2.33. The van der Waals surface area contributed by atoms with Gasteiger partial charge in [0.2, 0.25) is 0 Å². The van der Waals surface area contributed by atoms with Gasteiger partial charge in [-0.3, -0.25) is 0 Å². The summed E-state index contributed by atoms with van der Waals surface area (Å²) in [5.74, 6) is 0. The van der Waals surface area contributed by atoms with E-state index in [0.29, 0.717) is 0 Å². The molecule has 2 aromatic carbocycles. The number of para-hydroxylation sites is 2. The van der Waals surface area contributed by atoms with Gasteiger partial charge in [-0.25, -0.2) is 0 Å². The molecule has 1 heterocycles. The molecule has 0 unspecified atom stereocenters. The zero-order valence-electron chi connectivity index (χ0n) is 9.94. The summed E-state index contributed by atoms with van der Waals surface area (Å²) < 4.78 is 3.17. The molecule has 3 rings (SSSR count). The number of nitrogens with zero attached hydrogens (tertiary/aromatic N) is 1. The summed E-state index contributed by atoms with van der Waals surface area (Å²) in [6, 6.07) is 17.9. The third kappa shape index (κ3) is 2.00. The van der Waals surface area contributed by atoms with Crippen molar-refractivity contribution in [2.24, 2.45) is 0 Å². The van der Waals surface area contributed by atoms with Crippen molar-refractivity contribution >= 4 is 66.3 Å². The summed E-state index contributed by atoms with van der Waals surface area (Å²) in [6.07, 6.45) is 0. The van der Waals surface area contributed by atoms with E-state index in [0.717, 1.165) is 6.54 Å². The number of halogens is 2. The molecule has 0 N–H and O–H groups in total. The van der Waals surface area contributed by atoms with E-state index in [4.69, 9.17) is 0 Å². The van der Waals surface area contributed by atoms with Crippen LogP contribution in [0, 0.1) is 0 Å². The minimum atomic E-state index is -2.19. The average Bonchev–Trinajstić information content (AvgIpc) is 2.40. The number of fused-ring (bicyclic) bond motifs is 2. The molecule has 0 fully saturated rings. The van der Waals surface area contributed by atoms with E-state index in [1.54, 1.807) is 7.22 Å². The second-order valence-electron chi connectivity index (χ2n) is 4.15. The van der Waals surface area contributed by atoms with Crippen LogP contribution in [0.3, 0.4) is 0 Å². The summed E-state index contributed by atoms with van der Waals surface area (Å²) in [6.45, 7) is 3.26. The maximum absolute atomic E-state index is 2.75. The number of hydrogen-bond acceptors (Lipinski definition) is 1. The number of anilines is 2. The van der Waals surface area contributed by atoms with E-state index in [-0.39, 0.29) is 0 Å². The van der Waals surface area contributed by atoms with Crippen LogP contribution in [0.4, 0.5) is 11.4 Å². The number of rotatable bonds is 1. The Morgan fingerprint density at radius 3 is 1.78 bits per heavy atom. The van der Waals surface area contributed by atoms with Crippen molar-refractivity contribution in [1.29, 1.82) is 0 Å². The number of benzene rings is 2. The normalized spacial score (nSPS) is 17.8. The molecule has 94 valence electrons. The third-order valence-electron chi connectivity index (χ3n) is 3.18. The van der Waals surface area contributed by atoms with E-state index >= 15 is 0 Å². The molecule has 0 bridgehead atoms. The molecule has 0 radical (unpaired) electrons. The van der Waals surface area contributed by atoms with Crippen LogP contribution in [-0.4, -0.2) is 16.8 Å². The monoisotopic (exact) mass is 579 g/mol. The van der Waals surface area contributed by atoms with Gasteiger partial charge in [-0.1, -0.05) is 0 Å². The first-order valence-corrected chi connectivity index (χ1v) is 21.8. The van der Waals surface area contributed by atoms with E-state index in [9.17, 15) is 0 Å². The van der Waals surface area contributed by atoms with Crippen molar-refractivity contribution in [3.63, 3.8) is 0 Å². The topological polar surface area (TPSA) is 3.24 Å². The van der Waals surface area contributed by atoms with Crippen molar-refractivity contribution in [1.82, 2.24) is 0 Å². The fourth-order valence-electron chi connectivity index (χ4n) is 2.38. The molecule has 2 aromatic rings. The summed E-state index contributed by atoms with van der Waals surface area (Å²) in [5.41, 5.74) is 2.84. The Morgan fingerprint density at radius 1 is 0.889 bits per heavy atom. The van der Waals surface area contributed by atoms with Crippen LogP contribution in [0.1, 0.15) is 6.92 Å². The van der Waals surface area contributed by atoms with Gasteiger partial charge in [-0.05, 0) is 0 Å². The van der Waals surface area contributed by atoms with Crippen LogP contribution in [-0.2, 0) is 0 Å². The second kappa shape index (κ2) is 5.12. The molecule has 4 heteroatoms. The second-order valence-corrected chi connectivity index (χ2v) is 38.4. The fraction of sp³-hybridized carbons (Fsp3) is 0.143. The standard InChI is InChI=1S/C14H13I2NTe/c1-2-17-11-7-3-5-9-13(11)18(15,16)14-10-6-4-8-12(14)17/h3-10H,2H2,1H3. The molecule has 0 saturated carbocycles. The van der Waals surface area contributed by atoms with Crippen molar-refractivity contribution < 1.29 is 0 Å². The Kier molecular flexibility index (Phi) is 3.83. The first-order valence-electron chi connectivity index (χ1n) is 5.84. The fourth-order valence-corrected chi connectivity index (χ4v) is 17.0. The molecule has 0 amide bonds. The Bertz CT molecular complexity index is 548. The maximum atomic E-state index is 2.75. The Hall–Kier alpha value is 0.490. The molecule has 0 aromatic heterocycles. The van der Waals surface area contributed by atoms with E-state index in [2.05, 4.69) is 97.7 Å². The van der Waals surface area contributed by atoms with Gasteiger partial charge in [0.25, 0.3) is 0 Å². The van der Waals surface area contributed by atoms with Crippen molar-refractivity contribution in [3.05, 3.63) is 48.5 Å². The van der Waals surface area contributed by atoms with E-state index in [1.807, 2.05) is 0 Å². The molecule has 0 aliphatic carbocycles. The Labute approximate surface area is 131 Å². The third-order valence-corrected chi connectivity index (χ3v) is 21.0. The van der Waals surface area contributed by atoms with Crippen molar-refractivity contribution in [2.75, 3.05) is 11.4 Å². The summed E-state index contributed by atoms with van der Waals surface area (Å²) in [7, 11) is -2.19. The SMILES string of the molecule is CCN1c2ccccc2[Te](I)(I)c2ccccc21. The van der Waals surface area contributed by atoms with Gasteiger partial charge in [-0.2, -0.15) is 0 Å². The van der Waals surface area contributed by atoms with E-state index in [1.165, 1.54) is 11.4 Å². The van der Waals surface area contributed by atoms with Gasteiger partial charge in [-0.15, -0.1) is 0 Å². The van der Waals surface area contributed by atoms with Gasteiger partial charge in [0.15, 0.2) is 0 Å². The van der Waals surface area contributed by atoms with Crippen molar-refractivity contribution in [3.8, 4) is 0 Å². The van der Waals surface area contributed by atoms with Crippen LogP contribution in [0.15, 0.2) is 48.5 Å². The molecular formula is C14H13I2NTe. The minimum absolute atomic E-state index is 1.03. The predicted octanol–water partition coefficient (Wildman–Crippen LogP) is 3.58. The van der Waals surface area contributed by atoms with E-state index < -0.39 is 10.3 Å². The molecule has 0 atom stereocenters. The van der Waals surface area contributed by atoms with Crippen LogP contribution >= 0.6 is 37.4 Å². The molecule has 1 nitrogen and oxygen atoms in total.